The fourth-order valence-corrected chi connectivity index (χ4v) is 2.31. The largest absolute Gasteiger partial charge is 0.480 e. The molecule has 1 aromatic rings. The first-order valence-corrected chi connectivity index (χ1v) is 6.02. The molecule has 0 radical (unpaired) electrons. The lowest BCUT2D eigenvalue weighted by molar-refractivity contribution is -0.140. The van der Waals surface area contributed by atoms with Crippen LogP contribution in [0.15, 0.2) is 30.3 Å². The Labute approximate surface area is 110 Å². The summed E-state index contributed by atoms with van der Waals surface area (Å²) in [5.41, 5.74) is 0.799. The fourth-order valence-electron chi connectivity index (χ4n) is 1.99. The number of anilines is 1. The molecular weight excluding hydrogens is 252 g/mol. The molecule has 1 saturated heterocycles. The molecule has 6 heteroatoms. The molecule has 1 aliphatic rings. The second-order valence-corrected chi connectivity index (χ2v) is 4.58. The first-order chi connectivity index (χ1) is 8.58. The third kappa shape index (κ3) is 2.77. The van der Waals surface area contributed by atoms with Gasteiger partial charge in [0.05, 0.1) is 6.10 Å². The molecule has 18 heavy (non-hydrogen) atoms. The van der Waals surface area contributed by atoms with E-state index in [1.807, 2.05) is 30.3 Å². The van der Waals surface area contributed by atoms with Crippen LogP contribution in [0.5, 0.6) is 0 Å². The van der Waals surface area contributed by atoms with E-state index in [2.05, 4.69) is 5.32 Å². The van der Waals surface area contributed by atoms with Crippen molar-refractivity contribution in [1.29, 1.82) is 0 Å². The van der Waals surface area contributed by atoms with Crippen LogP contribution in [0.1, 0.15) is 6.42 Å². The van der Waals surface area contributed by atoms with Crippen LogP contribution < -0.4 is 5.32 Å². The second-order valence-electron chi connectivity index (χ2n) is 4.19. The maximum atomic E-state index is 11.1. The third-order valence-corrected chi connectivity index (χ3v) is 3.19. The molecule has 1 fully saturated rings. The number of benzene rings is 1. The number of aliphatic hydroxyl groups is 1. The van der Waals surface area contributed by atoms with Crippen molar-refractivity contribution in [1.82, 2.24) is 4.90 Å². The first kappa shape index (κ1) is 12.8. The van der Waals surface area contributed by atoms with E-state index in [9.17, 15) is 9.90 Å². The summed E-state index contributed by atoms with van der Waals surface area (Å²) in [5, 5.41) is 21.9. The summed E-state index contributed by atoms with van der Waals surface area (Å²) in [6.07, 6.45) is -0.451. The fraction of sp³-hybridized carbons (Fsp3) is 0.333. The third-order valence-electron chi connectivity index (χ3n) is 2.85. The van der Waals surface area contributed by atoms with Crippen LogP contribution in [0.2, 0.25) is 0 Å². The van der Waals surface area contributed by atoms with E-state index >= 15 is 0 Å². The standard InChI is InChI=1S/C12H14N2O3S/c15-9-6-10(11(16)17)14(7-9)12(18)13-8-4-2-1-3-5-8/h1-5,9-10,15H,6-7H2,(H,13,18)(H,16,17)/t9-,10-/m0/s1. The molecule has 0 saturated carbocycles. The van der Waals surface area contributed by atoms with Gasteiger partial charge in [0.2, 0.25) is 0 Å². The summed E-state index contributed by atoms with van der Waals surface area (Å²) in [7, 11) is 0. The SMILES string of the molecule is O=C(O)[C@@H]1C[C@H](O)CN1C(=S)Nc1ccccc1. The first-order valence-electron chi connectivity index (χ1n) is 5.61. The second kappa shape index (κ2) is 5.32. The Morgan fingerprint density at radius 1 is 1.39 bits per heavy atom. The Bertz CT molecular complexity index is 452. The topological polar surface area (TPSA) is 72.8 Å². The van der Waals surface area contributed by atoms with Gasteiger partial charge in [-0.3, -0.25) is 0 Å². The van der Waals surface area contributed by atoms with Gasteiger partial charge in [0.1, 0.15) is 6.04 Å². The molecule has 0 amide bonds. The minimum Gasteiger partial charge on any atom is -0.480 e. The monoisotopic (exact) mass is 266 g/mol. The zero-order valence-electron chi connectivity index (χ0n) is 9.61. The van der Waals surface area contributed by atoms with Crippen molar-refractivity contribution in [3.05, 3.63) is 30.3 Å². The van der Waals surface area contributed by atoms with Crippen molar-refractivity contribution in [3.8, 4) is 0 Å². The van der Waals surface area contributed by atoms with Crippen LogP contribution in [0.3, 0.4) is 0 Å². The number of carbonyl (C=O) groups is 1. The highest BCUT2D eigenvalue weighted by molar-refractivity contribution is 7.80. The molecule has 0 aromatic heterocycles. The van der Waals surface area contributed by atoms with E-state index < -0.39 is 18.1 Å². The van der Waals surface area contributed by atoms with Crippen LogP contribution in [0.4, 0.5) is 5.69 Å². The Hall–Kier alpha value is -1.66. The molecule has 1 aromatic carbocycles. The van der Waals surface area contributed by atoms with Gasteiger partial charge in [-0.15, -0.1) is 0 Å². The Balaban J connectivity index is 2.06. The molecule has 1 heterocycles. The Morgan fingerprint density at radius 2 is 2.06 bits per heavy atom. The number of carboxylic acids is 1. The number of nitrogens with zero attached hydrogens (tertiary/aromatic N) is 1. The number of rotatable bonds is 2. The average Bonchev–Trinajstić information content (AvgIpc) is 2.73. The molecule has 2 atom stereocenters. The van der Waals surface area contributed by atoms with E-state index in [1.165, 1.54) is 4.90 Å². The number of thiocarbonyl (C=S) groups is 1. The summed E-state index contributed by atoms with van der Waals surface area (Å²) in [6, 6.07) is 8.53. The van der Waals surface area contributed by atoms with Crippen molar-refractivity contribution in [3.63, 3.8) is 0 Å². The summed E-state index contributed by atoms with van der Waals surface area (Å²) in [6.45, 7) is 0.246. The lowest BCUT2D eigenvalue weighted by Gasteiger charge is -2.24. The highest BCUT2D eigenvalue weighted by Gasteiger charge is 2.37. The molecule has 96 valence electrons. The molecule has 0 aliphatic carbocycles. The van der Waals surface area contributed by atoms with E-state index in [0.717, 1.165) is 5.69 Å². The van der Waals surface area contributed by atoms with Crippen LogP contribution >= 0.6 is 12.2 Å². The average molecular weight is 266 g/mol. The van der Waals surface area contributed by atoms with Crippen LogP contribution in [0, 0.1) is 0 Å². The zero-order valence-corrected chi connectivity index (χ0v) is 10.4. The molecule has 0 bridgehead atoms. The number of β-amino-alcohol motifs (C(OH)–C–C–N with tert-alkyl or cyclic N) is 1. The number of aliphatic hydroxyl groups excluding tert-OH is 1. The van der Waals surface area contributed by atoms with Crippen molar-refractivity contribution < 1.29 is 15.0 Å². The van der Waals surface area contributed by atoms with Gasteiger partial charge in [0.15, 0.2) is 5.11 Å². The smallest absolute Gasteiger partial charge is 0.326 e. The van der Waals surface area contributed by atoms with Crippen LogP contribution in [-0.4, -0.2) is 44.9 Å². The maximum absolute atomic E-state index is 11.1. The quantitative estimate of drug-likeness (QED) is 0.691. The van der Waals surface area contributed by atoms with Gasteiger partial charge in [-0.05, 0) is 24.4 Å². The lowest BCUT2D eigenvalue weighted by Crippen LogP contribution is -2.42. The normalized spacial score (nSPS) is 22.8. The summed E-state index contributed by atoms with van der Waals surface area (Å²) >= 11 is 5.19. The van der Waals surface area contributed by atoms with E-state index in [1.54, 1.807) is 0 Å². The summed E-state index contributed by atoms with van der Waals surface area (Å²) in [5.74, 6) is -0.969. The Morgan fingerprint density at radius 3 is 2.67 bits per heavy atom. The number of aliphatic carboxylic acids is 1. The van der Waals surface area contributed by atoms with Gasteiger partial charge in [-0.25, -0.2) is 4.79 Å². The predicted octanol–water partition coefficient (Wildman–Crippen LogP) is 0.903. The van der Waals surface area contributed by atoms with Gasteiger partial charge in [-0.1, -0.05) is 18.2 Å². The zero-order chi connectivity index (χ0) is 13.1. The number of likely N-dealkylation sites (tertiary alicyclic amines) is 1. The van der Waals surface area contributed by atoms with Gasteiger partial charge in [-0.2, -0.15) is 0 Å². The minimum atomic E-state index is -0.969. The number of hydrogen-bond acceptors (Lipinski definition) is 3. The molecule has 2 rings (SSSR count). The summed E-state index contributed by atoms with van der Waals surface area (Å²) in [4.78, 5) is 12.6. The van der Waals surface area contributed by atoms with Crippen LogP contribution in [0.25, 0.3) is 0 Å². The predicted molar refractivity (Wildman–Crippen MR) is 71.4 cm³/mol. The van der Waals surface area contributed by atoms with Crippen molar-refractivity contribution in [2.75, 3.05) is 11.9 Å². The Kier molecular flexibility index (Phi) is 3.78. The van der Waals surface area contributed by atoms with Gasteiger partial charge < -0.3 is 20.4 Å². The minimum absolute atomic E-state index is 0.200. The molecular formula is C12H14N2O3S. The number of hydrogen-bond donors (Lipinski definition) is 3. The number of carboxylic acid groups (broad SMARTS) is 1. The van der Waals surface area contributed by atoms with E-state index in [0.29, 0.717) is 5.11 Å². The van der Waals surface area contributed by atoms with Gasteiger partial charge in [0.25, 0.3) is 0 Å². The van der Waals surface area contributed by atoms with Crippen molar-refractivity contribution >= 4 is 29.0 Å². The molecule has 0 spiro atoms. The van der Waals surface area contributed by atoms with Crippen molar-refractivity contribution in [2.45, 2.75) is 18.6 Å². The number of para-hydroxylation sites is 1. The van der Waals surface area contributed by atoms with Gasteiger partial charge >= 0.3 is 5.97 Å². The summed E-state index contributed by atoms with van der Waals surface area (Å²) < 4.78 is 0. The van der Waals surface area contributed by atoms with Gasteiger partial charge in [0, 0.05) is 18.7 Å². The van der Waals surface area contributed by atoms with Crippen molar-refractivity contribution in [2.24, 2.45) is 0 Å². The van der Waals surface area contributed by atoms with Crippen LogP contribution in [-0.2, 0) is 4.79 Å². The highest BCUT2D eigenvalue weighted by Crippen LogP contribution is 2.19. The van der Waals surface area contributed by atoms with E-state index in [4.69, 9.17) is 17.3 Å². The molecule has 0 unspecified atom stereocenters. The van der Waals surface area contributed by atoms with E-state index in [-0.39, 0.29) is 13.0 Å². The number of nitrogens with one attached hydrogen (secondary N) is 1. The maximum Gasteiger partial charge on any atom is 0.326 e. The lowest BCUT2D eigenvalue weighted by atomic mass is 10.2. The molecule has 5 nitrogen and oxygen atoms in total. The molecule has 1 aliphatic heterocycles. The molecule has 3 N–H and O–H groups in total. The highest BCUT2D eigenvalue weighted by atomic mass is 32.1.